The first-order valence-corrected chi connectivity index (χ1v) is 7.55. The zero-order valence-electron chi connectivity index (χ0n) is 12.9. The summed E-state index contributed by atoms with van der Waals surface area (Å²) in [6, 6.07) is 8.87. The molecule has 0 spiro atoms. The first kappa shape index (κ1) is 14.1. The van der Waals surface area contributed by atoms with E-state index in [9.17, 15) is 4.79 Å². The number of pyridine rings is 1. The van der Waals surface area contributed by atoms with E-state index in [1.165, 1.54) is 11.1 Å². The molecular weight excluding hydrogens is 260 g/mol. The molecule has 110 valence electrons. The number of nitrogens with two attached hydrogens (primary N) is 1. The van der Waals surface area contributed by atoms with Gasteiger partial charge in [-0.1, -0.05) is 23.8 Å². The van der Waals surface area contributed by atoms with E-state index in [0.717, 1.165) is 35.2 Å². The monoisotopic (exact) mass is 282 g/mol. The summed E-state index contributed by atoms with van der Waals surface area (Å²) in [6.45, 7) is 6.49. The molecule has 0 unspecified atom stereocenters. The summed E-state index contributed by atoms with van der Waals surface area (Å²) in [7, 11) is 0. The third-order valence-corrected chi connectivity index (χ3v) is 4.34. The minimum absolute atomic E-state index is 0.0926. The maximum absolute atomic E-state index is 12.8. The summed E-state index contributed by atoms with van der Waals surface area (Å²) in [5, 5.41) is 0. The molecule has 1 aliphatic rings. The zero-order chi connectivity index (χ0) is 15.1. The van der Waals surface area contributed by atoms with Crippen LogP contribution in [0.1, 0.15) is 41.1 Å². The van der Waals surface area contributed by atoms with Gasteiger partial charge < -0.3 is 10.3 Å². The Bertz CT molecular complexity index is 755. The van der Waals surface area contributed by atoms with E-state index in [2.05, 4.69) is 38.1 Å². The van der Waals surface area contributed by atoms with E-state index in [1.54, 1.807) is 0 Å². The van der Waals surface area contributed by atoms with Gasteiger partial charge in [-0.25, -0.2) is 0 Å². The molecule has 3 heteroatoms. The van der Waals surface area contributed by atoms with Crippen molar-refractivity contribution in [2.75, 3.05) is 0 Å². The average Bonchev–Trinajstić information content (AvgIpc) is 3.23. The van der Waals surface area contributed by atoms with E-state index < -0.39 is 0 Å². The van der Waals surface area contributed by atoms with Crippen LogP contribution in [0.15, 0.2) is 29.1 Å². The lowest BCUT2D eigenvalue weighted by atomic mass is 9.99. The van der Waals surface area contributed by atoms with Crippen molar-refractivity contribution < 1.29 is 0 Å². The average molecular weight is 282 g/mol. The summed E-state index contributed by atoms with van der Waals surface area (Å²) >= 11 is 0. The third-order valence-electron chi connectivity index (χ3n) is 4.34. The molecule has 0 amide bonds. The summed E-state index contributed by atoms with van der Waals surface area (Å²) in [4.78, 5) is 12.8. The zero-order valence-corrected chi connectivity index (χ0v) is 12.9. The van der Waals surface area contributed by atoms with E-state index in [1.807, 2.05) is 11.5 Å². The highest BCUT2D eigenvalue weighted by atomic mass is 16.1. The van der Waals surface area contributed by atoms with Gasteiger partial charge in [0.2, 0.25) is 0 Å². The van der Waals surface area contributed by atoms with Crippen LogP contribution in [0.3, 0.4) is 0 Å². The molecule has 21 heavy (non-hydrogen) atoms. The molecule has 3 nitrogen and oxygen atoms in total. The lowest BCUT2D eigenvalue weighted by Crippen LogP contribution is -2.27. The van der Waals surface area contributed by atoms with Gasteiger partial charge in [-0.15, -0.1) is 0 Å². The molecule has 1 heterocycles. The number of hydrogen-bond donors (Lipinski definition) is 1. The summed E-state index contributed by atoms with van der Waals surface area (Å²) in [6.07, 6.45) is 2.18. The van der Waals surface area contributed by atoms with E-state index in [0.29, 0.717) is 12.6 Å². The Hall–Kier alpha value is -1.87. The summed E-state index contributed by atoms with van der Waals surface area (Å²) in [5.41, 5.74) is 12.2. The van der Waals surface area contributed by atoms with Crippen molar-refractivity contribution in [3.63, 3.8) is 0 Å². The van der Waals surface area contributed by atoms with Gasteiger partial charge in [0.25, 0.3) is 5.56 Å². The van der Waals surface area contributed by atoms with E-state index in [-0.39, 0.29) is 5.56 Å². The van der Waals surface area contributed by atoms with Crippen LogP contribution < -0.4 is 11.3 Å². The normalized spacial score (nSPS) is 14.5. The van der Waals surface area contributed by atoms with Crippen LogP contribution in [0.4, 0.5) is 0 Å². The number of aryl methyl sites for hydroxylation is 3. The second-order valence-corrected chi connectivity index (χ2v) is 6.12. The smallest absolute Gasteiger partial charge is 0.256 e. The SMILES string of the molecule is Cc1ccc(-c2cc(C)c(CN)c(=O)n2C2CC2)c(C)c1. The number of hydrogen-bond acceptors (Lipinski definition) is 2. The van der Waals surface area contributed by atoms with Gasteiger partial charge in [-0.05, 0) is 50.8 Å². The minimum Gasteiger partial charge on any atom is -0.326 e. The lowest BCUT2D eigenvalue weighted by molar-refractivity contribution is 0.701. The molecule has 1 saturated carbocycles. The van der Waals surface area contributed by atoms with Crippen LogP contribution in [0.25, 0.3) is 11.3 Å². The standard InChI is InChI=1S/C18H22N2O/c1-11-4-7-15(12(2)8-11)17-9-13(3)16(10-19)18(21)20(17)14-5-6-14/h4,7-9,14H,5-6,10,19H2,1-3H3. The van der Waals surface area contributed by atoms with Gasteiger partial charge in [-0.3, -0.25) is 4.79 Å². The van der Waals surface area contributed by atoms with Crippen molar-refractivity contribution in [2.24, 2.45) is 5.73 Å². The quantitative estimate of drug-likeness (QED) is 0.939. The van der Waals surface area contributed by atoms with Crippen LogP contribution in [0.2, 0.25) is 0 Å². The van der Waals surface area contributed by atoms with Crippen LogP contribution in [-0.4, -0.2) is 4.57 Å². The number of nitrogens with zero attached hydrogens (tertiary/aromatic N) is 1. The molecule has 3 rings (SSSR count). The molecule has 1 fully saturated rings. The fourth-order valence-corrected chi connectivity index (χ4v) is 3.04. The first-order valence-electron chi connectivity index (χ1n) is 7.55. The van der Waals surface area contributed by atoms with Gasteiger partial charge in [0, 0.05) is 23.7 Å². The Labute approximate surface area is 125 Å². The van der Waals surface area contributed by atoms with Gasteiger partial charge >= 0.3 is 0 Å². The summed E-state index contributed by atoms with van der Waals surface area (Å²) in [5.74, 6) is 0. The molecule has 0 bridgehead atoms. The fourth-order valence-electron chi connectivity index (χ4n) is 3.04. The first-order chi connectivity index (χ1) is 10.0. The number of aromatic nitrogens is 1. The molecule has 1 aromatic carbocycles. The van der Waals surface area contributed by atoms with E-state index >= 15 is 0 Å². The van der Waals surface area contributed by atoms with Crippen molar-refractivity contribution in [3.05, 3.63) is 56.9 Å². The van der Waals surface area contributed by atoms with Crippen LogP contribution >= 0.6 is 0 Å². The molecule has 0 aliphatic heterocycles. The maximum Gasteiger partial charge on any atom is 0.256 e. The van der Waals surface area contributed by atoms with Crippen molar-refractivity contribution in [3.8, 4) is 11.3 Å². The second kappa shape index (κ2) is 5.15. The van der Waals surface area contributed by atoms with Crippen molar-refractivity contribution in [1.29, 1.82) is 0 Å². The Morgan fingerprint density at radius 1 is 1.14 bits per heavy atom. The third kappa shape index (κ3) is 2.42. The van der Waals surface area contributed by atoms with Crippen molar-refractivity contribution >= 4 is 0 Å². The lowest BCUT2D eigenvalue weighted by Gasteiger charge is -2.18. The molecule has 0 saturated heterocycles. The van der Waals surface area contributed by atoms with E-state index in [4.69, 9.17) is 5.73 Å². The fraction of sp³-hybridized carbons (Fsp3) is 0.389. The second-order valence-electron chi connectivity index (χ2n) is 6.12. The minimum atomic E-state index is 0.0926. The summed E-state index contributed by atoms with van der Waals surface area (Å²) < 4.78 is 1.97. The number of benzene rings is 1. The highest BCUT2D eigenvalue weighted by Gasteiger charge is 2.28. The van der Waals surface area contributed by atoms with Gasteiger partial charge in [0.1, 0.15) is 0 Å². The van der Waals surface area contributed by atoms with Crippen LogP contribution in [0, 0.1) is 20.8 Å². The number of rotatable bonds is 3. The Morgan fingerprint density at radius 2 is 1.86 bits per heavy atom. The van der Waals surface area contributed by atoms with Crippen LogP contribution in [-0.2, 0) is 6.54 Å². The predicted molar refractivity (Wildman–Crippen MR) is 86.5 cm³/mol. The molecular formula is C18H22N2O. The molecule has 1 aliphatic carbocycles. The molecule has 2 aromatic rings. The molecule has 0 atom stereocenters. The topological polar surface area (TPSA) is 48.0 Å². The van der Waals surface area contributed by atoms with Gasteiger partial charge in [0.05, 0.1) is 5.69 Å². The van der Waals surface area contributed by atoms with Crippen LogP contribution in [0.5, 0.6) is 0 Å². The molecule has 1 aromatic heterocycles. The predicted octanol–water partition coefficient (Wildman–Crippen LogP) is 3.23. The largest absolute Gasteiger partial charge is 0.326 e. The van der Waals surface area contributed by atoms with Crippen molar-refractivity contribution in [1.82, 2.24) is 4.57 Å². The highest BCUT2D eigenvalue weighted by molar-refractivity contribution is 5.66. The molecule has 0 radical (unpaired) electrons. The Balaban J connectivity index is 2.29. The maximum atomic E-state index is 12.8. The van der Waals surface area contributed by atoms with Crippen molar-refractivity contribution in [2.45, 2.75) is 46.2 Å². The Morgan fingerprint density at radius 3 is 2.43 bits per heavy atom. The molecule has 2 N–H and O–H groups in total. The highest BCUT2D eigenvalue weighted by Crippen LogP contribution is 2.38. The Kier molecular flexibility index (Phi) is 3.46. The van der Waals surface area contributed by atoms with Gasteiger partial charge in [0.15, 0.2) is 0 Å². The van der Waals surface area contributed by atoms with Gasteiger partial charge in [-0.2, -0.15) is 0 Å².